The Hall–Kier alpha value is -4.05. The van der Waals surface area contributed by atoms with Crippen LogP contribution in [0.1, 0.15) is 24.0 Å². The van der Waals surface area contributed by atoms with E-state index in [2.05, 4.69) is 9.97 Å². The number of pyridine rings is 2. The lowest BCUT2D eigenvalue weighted by atomic mass is 9.82. The molecule has 0 saturated heterocycles. The van der Waals surface area contributed by atoms with E-state index in [1.165, 1.54) is 11.7 Å². The van der Waals surface area contributed by atoms with E-state index in [1.54, 1.807) is 62.1 Å². The lowest BCUT2D eigenvalue weighted by molar-refractivity contribution is -0.136. The molecule has 3 aromatic heterocycles. The number of carbonyl (C=O) groups excluding carboxylic acids is 2. The monoisotopic (exact) mass is 464 g/mol. The first-order chi connectivity index (χ1) is 16.0. The number of ether oxygens (including phenoxy) is 2. The van der Waals surface area contributed by atoms with Crippen LogP contribution in [0.4, 0.5) is 0 Å². The molecule has 0 saturated carbocycles. The quantitative estimate of drug-likeness (QED) is 0.536. The predicted octanol–water partition coefficient (Wildman–Crippen LogP) is 0.340. The Morgan fingerprint density at radius 3 is 2.33 bits per heavy atom. The van der Waals surface area contributed by atoms with E-state index >= 15 is 0 Å². The third-order valence-corrected chi connectivity index (χ3v) is 6.02. The third-order valence-electron chi connectivity index (χ3n) is 5.13. The second-order valence-corrected chi connectivity index (χ2v) is 7.97. The summed E-state index contributed by atoms with van der Waals surface area (Å²) < 4.78 is 12.0. The number of esters is 2. The molecule has 0 aromatic carbocycles. The molecule has 0 amide bonds. The molecule has 10 heteroatoms. The van der Waals surface area contributed by atoms with Crippen LogP contribution >= 0.6 is 11.3 Å². The molecule has 0 aliphatic carbocycles. The van der Waals surface area contributed by atoms with Gasteiger partial charge in [-0.05, 0) is 48.4 Å². The van der Waals surface area contributed by atoms with Crippen LogP contribution in [-0.2, 0) is 19.1 Å². The molecule has 0 fully saturated rings. The number of aromatic nitrogens is 3. The average molecular weight is 465 g/mol. The molecule has 4 heterocycles. The maximum absolute atomic E-state index is 13.3. The second-order valence-electron chi connectivity index (χ2n) is 6.98. The van der Waals surface area contributed by atoms with E-state index in [-0.39, 0.29) is 28.9 Å². The summed E-state index contributed by atoms with van der Waals surface area (Å²) in [6.45, 7) is 1.79. The van der Waals surface area contributed by atoms with Gasteiger partial charge in [0.1, 0.15) is 5.82 Å². The van der Waals surface area contributed by atoms with Crippen LogP contribution in [0.5, 0.6) is 0 Å². The second kappa shape index (κ2) is 9.21. The molecule has 1 unspecified atom stereocenters. The molecular weight excluding hydrogens is 444 g/mol. The maximum atomic E-state index is 13.3. The van der Waals surface area contributed by atoms with Gasteiger partial charge in [0.25, 0.3) is 0 Å². The minimum absolute atomic E-state index is 0.0189. The molecule has 4 rings (SSSR count). The first-order valence-corrected chi connectivity index (χ1v) is 10.8. The topological polar surface area (TPSA) is 126 Å². The fourth-order valence-electron chi connectivity index (χ4n) is 3.76. The number of hydrogen-bond acceptors (Lipinski definition) is 9. The average Bonchev–Trinajstić information content (AvgIpc) is 3.15. The molecular formula is C23H20N4O5S. The summed E-state index contributed by atoms with van der Waals surface area (Å²) in [4.78, 5) is 46.7. The highest BCUT2D eigenvalue weighted by Gasteiger charge is 2.39. The van der Waals surface area contributed by atoms with E-state index in [9.17, 15) is 14.4 Å². The van der Waals surface area contributed by atoms with Crippen molar-refractivity contribution in [3.63, 3.8) is 0 Å². The lowest BCUT2D eigenvalue weighted by Crippen LogP contribution is -2.45. The van der Waals surface area contributed by atoms with Gasteiger partial charge in [-0.3, -0.25) is 19.3 Å². The van der Waals surface area contributed by atoms with Gasteiger partial charge in [-0.2, -0.15) is 0 Å². The van der Waals surface area contributed by atoms with Crippen molar-refractivity contribution in [3.8, 4) is 0 Å². The summed E-state index contributed by atoms with van der Waals surface area (Å²) in [5.41, 5.74) is 7.84. The van der Waals surface area contributed by atoms with Gasteiger partial charge in [0.15, 0.2) is 0 Å². The molecule has 168 valence electrons. The van der Waals surface area contributed by atoms with E-state index in [4.69, 9.17) is 15.2 Å². The fraction of sp³-hybridized carbons (Fsp3) is 0.174. The van der Waals surface area contributed by atoms with Gasteiger partial charge in [0, 0.05) is 24.8 Å². The van der Waals surface area contributed by atoms with Crippen LogP contribution in [0.3, 0.4) is 0 Å². The highest BCUT2D eigenvalue weighted by Crippen LogP contribution is 2.37. The van der Waals surface area contributed by atoms with Crippen molar-refractivity contribution >= 4 is 40.7 Å². The van der Waals surface area contributed by atoms with Crippen molar-refractivity contribution < 1.29 is 19.1 Å². The molecule has 3 aromatic rings. The highest BCUT2D eigenvalue weighted by atomic mass is 32.1. The SMILES string of the molecule is CCOC(=O)C1=c2c(=Cc3ccncc3)sc(=O)n2C(N)=C(C(=O)OC)C1c1ccncc1. The number of rotatable bonds is 5. The van der Waals surface area contributed by atoms with Crippen LogP contribution in [0.15, 0.2) is 59.4 Å². The van der Waals surface area contributed by atoms with E-state index in [0.717, 1.165) is 16.9 Å². The smallest absolute Gasteiger partial charge is 0.338 e. The van der Waals surface area contributed by atoms with Gasteiger partial charge in [-0.25, -0.2) is 9.59 Å². The Labute approximate surface area is 192 Å². The molecule has 9 nitrogen and oxygen atoms in total. The van der Waals surface area contributed by atoms with Crippen LogP contribution in [-0.4, -0.2) is 40.2 Å². The Kier molecular flexibility index (Phi) is 6.18. The summed E-state index contributed by atoms with van der Waals surface area (Å²) >= 11 is 0.911. The zero-order valence-electron chi connectivity index (χ0n) is 17.8. The molecule has 33 heavy (non-hydrogen) atoms. The van der Waals surface area contributed by atoms with Gasteiger partial charge in [-0.1, -0.05) is 11.3 Å². The summed E-state index contributed by atoms with van der Waals surface area (Å²) in [6, 6.07) is 6.89. The standard InChI is InChI=1S/C23H20N4O5S/c1-3-32-22(29)17-16(14-6-10-26-11-7-14)18(21(28)31-2)20(24)27-19(17)15(33-23(27)30)12-13-4-8-25-9-5-13/h4-12,16H,3,24H2,1-2H3. The number of fused-ring (bicyclic) bond motifs is 1. The van der Waals surface area contributed by atoms with Crippen LogP contribution in [0, 0.1) is 0 Å². The molecule has 2 N–H and O–H groups in total. The predicted molar refractivity (Wildman–Crippen MR) is 122 cm³/mol. The summed E-state index contributed by atoms with van der Waals surface area (Å²) in [7, 11) is 1.21. The van der Waals surface area contributed by atoms with Gasteiger partial charge in [0.2, 0.25) is 0 Å². The van der Waals surface area contributed by atoms with E-state index in [0.29, 0.717) is 10.1 Å². The van der Waals surface area contributed by atoms with Crippen molar-refractivity contribution in [1.29, 1.82) is 0 Å². The van der Waals surface area contributed by atoms with Gasteiger partial charge >= 0.3 is 16.8 Å². The minimum Gasteiger partial charge on any atom is -0.466 e. The van der Waals surface area contributed by atoms with Crippen LogP contribution in [0.2, 0.25) is 0 Å². The number of methoxy groups -OCH3 is 1. The normalized spacial score (nSPS) is 15.9. The number of hydrogen-bond donors (Lipinski definition) is 1. The number of nitrogens with two attached hydrogens (primary N) is 1. The Morgan fingerprint density at radius 1 is 1.09 bits per heavy atom. The number of thiazole rings is 1. The first-order valence-electron chi connectivity index (χ1n) is 10.0. The van der Waals surface area contributed by atoms with Gasteiger partial charge in [-0.15, -0.1) is 0 Å². The lowest BCUT2D eigenvalue weighted by Gasteiger charge is -2.27. The molecule has 0 spiro atoms. The van der Waals surface area contributed by atoms with Crippen molar-refractivity contribution in [2.24, 2.45) is 5.73 Å². The Bertz CT molecular complexity index is 1420. The number of carbonyl (C=O) groups is 2. The van der Waals surface area contributed by atoms with Crippen molar-refractivity contribution in [2.45, 2.75) is 12.8 Å². The zero-order chi connectivity index (χ0) is 23.5. The Balaban J connectivity index is 2.19. The van der Waals surface area contributed by atoms with Crippen LogP contribution in [0.25, 0.3) is 17.5 Å². The molecule has 0 bridgehead atoms. The van der Waals surface area contributed by atoms with Crippen molar-refractivity contribution in [3.05, 3.63) is 85.3 Å². The zero-order valence-corrected chi connectivity index (χ0v) is 18.7. The maximum Gasteiger partial charge on any atom is 0.338 e. The molecule has 1 aliphatic heterocycles. The van der Waals surface area contributed by atoms with E-state index in [1.807, 2.05) is 0 Å². The van der Waals surface area contributed by atoms with Crippen molar-refractivity contribution in [2.75, 3.05) is 13.7 Å². The van der Waals surface area contributed by atoms with E-state index < -0.39 is 22.7 Å². The summed E-state index contributed by atoms with van der Waals surface area (Å²) in [5, 5.41) is 0.284. The van der Waals surface area contributed by atoms with Crippen LogP contribution < -0.4 is 20.5 Å². The molecule has 1 atom stereocenters. The number of nitrogens with zero attached hydrogens (tertiary/aromatic N) is 3. The minimum atomic E-state index is -0.918. The molecule has 1 aliphatic rings. The highest BCUT2D eigenvalue weighted by molar-refractivity contribution is 7.07. The Morgan fingerprint density at radius 2 is 1.73 bits per heavy atom. The van der Waals surface area contributed by atoms with Gasteiger partial charge in [0.05, 0.1) is 40.7 Å². The summed E-state index contributed by atoms with van der Waals surface area (Å²) in [6.07, 6.45) is 8.09. The summed E-state index contributed by atoms with van der Waals surface area (Å²) in [5.74, 6) is -2.43. The van der Waals surface area contributed by atoms with Gasteiger partial charge < -0.3 is 15.2 Å². The largest absolute Gasteiger partial charge is 0.466 e. The van der Waals surface area contributed by atoms with Crippen molar-refractivity contribution in [1.82, 2.24) is 14.5 Å². The fourth-order valence-corrected chi connectivity index (χ4v) is 4.73. The third kappa shape index (κ3) is 3.96. The first kappa shape index (κ1) is 22.2. The molecule has 0 radical (unpaired) electrons.